The first-order valence-corrected chi connectivity index (χ1v) is 6.10. The van der Waals surface area contributed by atoms with E-state index < -0.39 is 17.5 Å². The quantitative estimate of drug-likeness (QED) is 0.863. The third-order valence-electron chi connectivity index (χ3n) is 2.92. The van der Waals surface area contributed by atoms with E-state index in [0.717, 1.165) is 12.3 Å². The molecular weight excluding hydrogens is 251 g/mol. The molecule has 0 bridgehead atoms. The summed E-state index contributed by atoms with van der Waals surface area (Å²) >= 11 is 0. The normalized spacial score (nSPS) is 22.3. The number of carbonyl (C=O) groups is 1. The van der Waals surface area contributed by atoms with E-state index in [9.17, 15) is 14.3 Å². The smallest absolute Gasteiger partial charge is 0.255 e. The molecule has 1 unspecified atom stereocenters. The number of halogens is 1. The zero-order valence-corrected chi connectivity index (χ0v) is 11.0. The average molecular weight is 268 g/mol. The number of ether oxygens (including phenoxy) is 1. The van der Waals surface area contributed by atoms with Gasteiger partial charge in [0, 0.05) is 19.3 Å². The predicted octanol–water partition coefficient (Wildman–Crippen LogP) is 0.833. The van der Waals surface area contributed by atoms with Crippen LogP contribution in [0, 0.1) is 5.82 Å². The number of aliphatic hydroxyl groups excluding tert-OH is 1. The molecule has 1 N–H and O–H groups in total. The van der Waals surface area contributed by atoms with Gasteiger partial charge >= 0.3 is 0 Å². The minimum absolute atomic E-state index is 0.158. The van der Waals surface area contributed by atoms with Crippen molar-refractivity contribution in [1.82, 2.24) is 9.88 Å². The Morgan fingerprint density at radius 2 is 2.37 bits per heavy atom. The molecular formula is C13H17FN2O3. The van der Waals surface area contributed by atoms with Crippen LogP contribution in [0.4, 0.5) is 4.39 Å². The van der Waals surface area contributed by atoms with E-state index in [1.807, 2.05) is 13.8 Å². The molecule has 0 spiro atoms. The fourth-order valence-electron chi connectivity index (χ4n) is 2.26. The molecule has 2 heterocycles. The maximum atomic E-state index is 13.1. The summed E-state index contributed by atoms with van der Waals surface area (Å²) in [6, 6.07) is 1.16. The summed E-state index contributed by atoms with van der Waals surface area (Å²) < 4.78 is 18.7. The van der Waals surface area contributed by atoms with Gasteiger partial charge in [-0.1, -0.05) is 0 Å². The van der Waals surface area contributed by atoms with Gasteiger partial charge in [0.05, 0.1) is 30.1 Å². The van der Waals surface area contributed by atoms with Crippen molar-refractivity contribution in [2.75, 3.05) is 19.7 Å². The molecule has 104 valence electrons. The molecule has 1 atom stereocenters. The van der Waals surface area contributed by atoms with Gasteiger partial charge in [0.1, 0.15) is 5.82 Å². The molecule has 0 radical (unpaired) electrons. The first kappa shape index (κ1) is 13.9. The SMILES string of the molecule is CC1(C)CN(C(=O)c2cncc(F)c2)CC(CO)O1. The molecule has 5 nitrogen and oxygen atoms in total. The Balaban J connectivity index is 2.18. The van der Waals surface area contributed by atoms with Gasteiger partial charge in [0.2, 0.25) is 0 Å². The molecule has 1 aromatic rings. The van der Waals surface area contributed by atoms with E-state index in [-0.39, 0.29) is 24.6 Å². The second-order valence-corrected chi connectivity index (χ2v) is 5.26. The zero-order valence-electron chi connectivity index (χ0n) is 11.0. The van der Waals surface area contributed by atoms with E-state index in [1.165, 1.54) is 6.20 Å². The molecule has 1 saturated heterocycles. The lowest BCUT2D eigenvalue weighted by molar-refractivity contribution is -0.139. The van der Waals surface area contributed by atoms with Gasteiger partial charge < -0.3 is 14.7 Å². The Bertz CT molecular complexity index is 479. The van der Waals surface area contributed by atoms with Gasteiger partial charge in [-0.05, 0) is 19.9 Å². The van der Waals surface area contributed by atoms with Crippen molar-refractivity contribution in [3.05, 3.63) is 29.8 Å². The standard InChI is InChI=1S/C13H17FN2O3/c1-13(2)8-16(6-11(7-17)19-13)12(18)9-3-10(14)5-15-4-9/h3-5,11,17H,6-8H2,1-2H3. The number of nitrogens with zero attached hydrogens (tertiary/aromatic N) is 2. The average Bonchev–Trinajstić information content (AvgIpc) is 2.36. The number of hydrogen-bond donors (Lipinski definition) is 1. The number of aromatic nitrogens is 1. The molecule has 0 saturated carbocycles. The minimum Gasteiger partial charge on any atom is -0.394 e. The summed E-state index contributed by atoms with van der Waals surface area (Å²) in [5.41, 5.74) is -0.336. The number of pyridine rings is 1. The Hall–Kier alpha value is -1.53. The van der Waals surface area contributed by atoms with E-state index in [1.54, 1.807) is 4.90 Å². The second-order valence-electron chi connectivity index (χ2n) is 5.26. The van der Waals surface area contributed by atoms with Crippen LogP contribution >= 0.6 is 0 Å². The van der Waals surface area contributed by atoms with Crippen molar-refractivity contribution in [2.24, 2.45) is 0 Å². The van der Waals surface area contributed by atoms with Crippen LogP contribution in [-0.2, 0) is 4.74 Å². The number of hydrogen-bond acceptors (Lipinski definition) is 4. The lowest BCUT2D eigenvalue weighted by Gasteiger charge is -2.42. The van der Waals surface area contributed by atoms with Gasteiger partial charge in [0.25, 0.3) is 5.91 Å². The van der Waals surface area contributed by atoms with Crippen molar-refractivity contribution < 1.29 is 19.0 Å². The highest BCUT2D eigenvalue weighted by atomic mass is 19.1. The summed E-state index contributed by atoms with van der Waals surface area (Å²) in [5.74, 6) is -0.848. The van der Waals surface area contributed by atoms with Crippen molar-refractivity contribution in [1.29, 1.82) is 0 Å². The third kappa shape index (κ3) is 3.27. The minimum atomic E-state index is -0.544. The molecule has 19 heavy (non-hydrogen) atoms. The van der Waals surface area contributed by atoms with Crippen LogP contribution in [-0.4, -0.2) is 52.3 Å². The third-order valence-corrected chi connectivity index (χ3v) is 2.92. The first-order valence-electron chi connectivity index (χ1n) is 6.10. The molecule has 1 fully saturated rings. The molecule has 2 rings (SSSR count). The molecule has 1 aromatic heterocycles. The first-order chi connectivity index (χ1) is 8.91. The summed E-state index contributed by atoms with van der Waals surface area (Å²) in [7, 11) is 0. The van der Waals surface area contributed by atoms with Gasteiger partial charge in [-0.3, -0.25) is 9.78 Å². The van der Waals surface area contributed by atoms with E-state index in [4.69, 9.17) is 4.74 Å². The molecule has 0 aromatic carbocycles. The van der Waals surface area contributed by atoms with Crippen LogP contribution in [0.25, 0.3) is 0 Å². The van der Waals surface area contributed by atoms with Gasteiger partial charge in [-0.15, -0.1) is 0 Å². The molecule has 1 aliphatic rings. The Kier molecular flexibility index (Phi) is 3.82. The lowest BCUT2D eigenvalue weighted by atomic mass is 10.0. The van der Waals surface area contributed by atoms with Crippen LogP contribution < -0.4 is 0 Å². The summed E-state index contributed by atoms with van der Waals surface area (Å²) in [6.07, 6.45) is 1.97. The van der Waals surface area contributed by atoms with E-state index in [2.05, 4.69) is 4.98 Å². The maximum Gasteiger partial charge on any atom is 0.255 e. The number of rotatable bonds is 2. The van der Waals surface area contributed by atoms with E-state index in [0.29, 0.717) is 6.54 Å². The van der Waals surface area contributed by atoms with Crippen LogP contribution in [0.1, 0.15) is 24.2 Å². The van der Waals surface area contributed by atoms with Gasteiger partial charge in [0.15, 0.2) is 0 Å². The van der Waals surface area contributed by atoms with Crippen molar-refractivity contribution in [2.45, 2.75) is 25.6 Å². The fraction of sp³-hybridized carbons (Fsp3) is 0.538. The van der Waals surface area contributed by atoms with Crippen molar-refractivity contribution >= 4 is 5.91 Å². The molecule has 6 heteroatoms. The number of aliphatic hydroxyl groups is 1. The van der Waals surface area contributed by atoms with Crippen molar-refractivity contribution in [3.8, 4) is 0 Å². The number of carbonyl (C=O) groups excluding carboxylic acids is 1. The Labute approximate surface area is 111 Å². The van der Waals surface area contributed by atoms with Crippen LogP contribution in [0.5, 0.6) is 0 Å². The van der Waals surface area contributed by atoms with Crippen LogP contribution in [0.15, 0.2) is 18.5 Å². The van der Waals surface area contributed by atoms with Crippen LogP contribution in [0.2, 0.25) is 0 Å². The fourth-order valence-corrected chi connectivity index (χ4v) is 2.26. The second kappa shape index (κ2) is 5.22. The predicted molar refractivity (Wildman–Crippen MR) is 66.1 cm³/mol. The molecule has 1 amide bonds. The van der Waals surface area contributed by atoms with Crippen molar-refractivity contribution in [3.63, 3.8) is 0 Å². The van der Waals surface area contributed by atoms with Crippen LogP contribution in [0.3, 0.4) is 0 Å². The molecule has 1 aliphatic heterocycles. The maximum absolute atomic E-state index is 13.1. The highest BCUT2D eigenvalue weighted by Crippen LogP contribution is 2.22. The summed E-state index contributed by atoms with van der Waals surface area (Å²) in [4.78, 5) is 17.5. The highest BCUT2D eigenvalue weighted by Gasteiger charge is 2.35. The molecule has 0 aliphatic carbocycles. The topological polar surface area (TPSA) is 62.7 Å². The van der Waals surface area contributed by atoms with Gasteiger partial charge in [-0.2, -0.15) is 0 Å². The Morgan fingerprint density at radius 1 is 1.63 bits per heavy atom. The zero-order chi connectivity index (χ0) is 14.0. The monoisotopic (exact) mass is 268 g/mol. The van der Waals surface area contributed by atoms with E-state index >= 15 is 0 Å². The lowest BCUT2D eigenvalue weighted by Crippen LogP contribution is -2.55. The Morgan fingerprint density at radius 3 is 3.00 bits per heavy atom. The largest absolute Gasteiger partial charge is 0.394 e. The number of morpholine rings is 1. The highest BCUT2D eigenvalue weighted by molar-refractivity contribution is 5.94. The summed E-state index contributed by atoms with van der Waals surface area (Å²) in [5, 5.41) is 9.20. The summed E-state index contributed by atoms with van der Waals surface area (Å²) in [6.45, 7) is 4.21. The number of amides is 1. The van der Waals surface area contributed by atoms with Gasteiger partial charge in [-0.25, -0.2) is 4.39 Å².